The molecule has 8 heteroatoms. The van der Waals surface area contributed by atoms with E-state index in [1.54, 1.807) is 7.05 Å². The largest absolute Gasteiger partial charge is 0.387 e. The van der Waals surface area contributed by atoms with Crippen molar-refractivity contribution in [2.24, 2.45) is 17.6 Å². The van der Waals surface area contributed by atoms with Gasteiger partial charge >= 0.3 is 0 Å². The number of carbonyl (C=O) groups excluding carboxylic acids is 2. The molecule has 0 aromatic heterocycles. The topological polar surface area (TPSA) is 120 Å². The molecule has 2 amide bonds. The predicted octanol–water partition coefficient (Wildman–Crippen LogP) is -0.466. The van der Waals surface area contributed by atoms with E-state index in [9.17, 15) is 9.59 Å². The van der Waals surface area contributed by atoms with Crippen LogP contribution in [-0.4, -0.2) is 51.6 Å². The second kappa shape index (κ2) is 12.0. The molecule has 1 aliphatic rings. The van der Waals surface area contributed by atoms with Crippen molar-refractivity contribution in [2.45, 2.75) is 19.3 Å². The number of carbonyl (C=O) groups is 2. The van der Waals surface area contributed by atoms with E-state index in [1.165, 1.54) is 0 Å². The van der Waals surface area contributed by atoms with Crippen LogP contribution in [0.3, 0.4) is 0 Å². The zero-order chi connectivity index (χ0) is 20.2. The molecular weight excluding hydrogens is 344 g/mol. The maximum atomic E-state index is 11.7. The number of hydrogen-bond donors (Lipinski definition) is 6. The van der Waals surface area contributed by atoms with Gasteiger partial charge in [0.15, 0.2) is 0 Å². The monoisotopic (exact) mass is 378 g/mol. The molecule has 0 aromatic carbocycles. The third kappa shape index (κ3) is 9.14. The number of nitrogens with two attached hydrogens (primary N) is 1. The molecule has 0 saturated heterocycles. The Bertz CT molecular complexity index is 554. The average Bonchev–Trinajstić information content (AvgIpc) is 2.63. The Morgan fingerprint density at radius 1 is 0.926 bits per heavy atom. The summed E-state index contributed by atoms with van der Waals surface area (Å²) in [5.74, 6) is 0.792. The first-order valence-corrected chi connectivity index (χ1v) is 9.29. The zero-order valence-electron chi connectivity index (χ0n) is 16.3. The van der Waals surface area contributed by atoms with Crippen molar-refractivity contribution < 1.29 is 9.59 Å². The van der Waals surface area contributed by atoms with E-state index >= 15 is 0 Å². The summed E-state index contributed by atoms with van der Waals surface area (Å²) in [5, 5.41) is 14.7. The lowest BCUT2D eigenvalue weighted by Gasteiger charge is -2.34. The standard InChI is InChI=1S/C19H34N6O2/c1-13(9-20)24-12-18(26)25-11-15(3)23-10-14(2)22-6-5-16-7-17(8-16)19(27)21-4/h16-17,22-24H,1-3,5-12,20H2,4H3,(H,21,27)(H,25,26). The predicted molar refractivity (Wildman–Crippen MR) is 108 cm³/mol. The summed E-state index contributed by atoms with van der Waals surface area (Å²) in [6, 6.07) is 0. The van der Waals surface area contributed by atoms with Gasteiger partial charge in [0.1, 0.15) is 0 Å². The smallest absolute Gasteiger partial charge is 0.239 e. The van der Waals surface area contributed by atoms with Gasteiger partial charge in [-0.25, -0.2) is 0 Å². The minimum absolute atomic E-state index is 0.138. The van der Waals surface area contributed by atoms with E-state index in [4.69, 9.17) is 5.73 Å². The highest BCUT2D eigenvalue weighted by molar-refractivity contribution is 5.79. The van der Waals surface area contributed by atoms with Crippen LogP contribution in [0.15, 0.2) is 36.8 Å². The van der Waals surface area contributed by atoms with Gasteiger partial charge in [-0.05, 0) is 25.2 Å². The third-order valence-electron chi connectivity index (χ3n) is 4.58. The van der Waals surface area contributed by atoms with Crippen LogP contribution >= 0.6 is 0 Å². The summed E-state index contributed by atoms with van der Waals surface area (Å²) in [5.41, 5.74) is 7.58. The van der Waals surface area contributed by atoms with Crippen molar-refractivity contribution >= 4 is 11.8 Å². The lowest BCUT2D eigenvalue weighted by atomic mass is 9.73. The Hall–Kier alpha value is -2.48. The van der Waals surface area contributed by atoms with Gasteiger partial charge in [0.2, 0.25) is 11.8 Å². The highest BCUT2D eigenvalue weighted by atomic mass is 16.2. The second-order valence-electron chi connectivity index (χ2n) is 6.86. The van der Waals surface area contributed by atoms with E-state index in [1.807, 2.05) is 0 Å². The molecule has 27 heavy (non-hydrogen) atoms. The fourth-order valence-electron chi connectivity index (χ4n) is 2.74. The Labute approximate surface area is 162 Å². The lowest BCUT2D eigenvalue weighted by molar-refractivity contribution is -0.128. The Morgan fingerprint density at radius 3 is 2.15 bits per heavy atom. The summed E-state index contributed by atoms with van der Waals surface area (Å²) in [6.45, 7) is 13.7. The molecule has 8 nitrogen and oxygen atoms in total. The van der Waals surface area contributed by atoms with Gasteiger partial charge in [-0.15, -0.1) is 0 Å². The number of amides is 2. The average molecular weight is 379 g/mol. The molecule has 0 bridgehead atoms. The van der Waals surface area contributed by atoms with Gasteiger partial charge < -0.3 is 32.3 Å². The Kier molecular flexibility index (Phi) is 10.0. The van der Waals surface area contributed by atoms with Crippen LogP contribution in [0.25, 0.3) is 0 Å². The normalized spacial score (nSPS) is 17.9. The van der Waals surface area contributed by atoms with Gasteiger partial charge in [0.05, 0.1) is 19.6 Å². The van der Waals surface area contributed by atoms with Gasteiger partial charge in [0.25, 0.3) is 0 Å². The maximum Gasteiger partial charge on any atom is 0.239 e. The zero-order valence-corrected chi connectivity index (χ0v) is 16.3. The SMILES string of the molecule is C=C(CN)NCC(=O)NCC(=C)NCC(=C)NCCC1CC(C(=O)NC)C1. The molecule has 0 atom stereocenters. The van der Waals surface area contributed by atoms with E-state index < -0.39 is 0 Å². The minimum Gasteiger partial charge on any atom is -0.387 e. The third-order valence-corrected chi connectivity index (χ3v) is 4.58. The molecule has 0 unspecified atom stereocenters. The number of nitrogens with one attached hydrogen (secondary N) is 5. The van der Waals surface area contributed by atoms with Crippen LogP contribution < -0.4 is 32.3 Å². The molecule has 1 rings (SSSR count). The molecule has 152 valence electrons. The Balaban J connectivity index is 2.03. The van der Waals surface area contributed by atoms with Gasteiger partial charge in [-0.2, -0.15) is 0 Å². The highest BCUT2D eigenvalue weighted by Gasteiger charge is 2.33. The van der Waals surface area contributed by atoms with Crippen LogP contribution in [0.1, 0.15) is 19.3 Å². The summed E-state index contributed by atoms with van der Waals surface area (Å²) in [6.07, 6.45) is 2.97. The maximum absolute atomic E-state index is 11.7. The molecule has 1 aliphatic carbocycles. The van der Waals surface area contributed by atoms with Crippen molar-refractivity contribution in [1.82, 2.24) is 26.6 Å². The van der Waals surface area contributed by atoms with E-state index in [0.29, 0.717) is 36.9 Å². The summed E-state index contributed by atoms with van der Waals surface area (Å²) < 4.78 is 0. The van der Waals surface area contributed by atoms with Crippen molar-refractivity contribution in [1.29, 1.82) is 0 Å². The molecule has 7 N–H and O–H groups in total. The van der Waals surface area contributed by atoms with E-state index in [-0.39, 0.29) is 24.3 Å². The van der Waals surface area contributed by atoms with Crippen LogP contribution in [0.5, 0.6) is 0 Å². The summed E-state index contributed by atoms with van der Waals surface area (Å²) in [4.78, 5) is 23.1. The molecule has 1 saturated carbocycles. The molecule has 0 spiro atoms. The first-order chi connectivity index (χ1) is 12.8. The van der Waals surface area contributed by atoms with Crippen molar-refractivity contribution in [3.05, 3.63) is 36.8 Å². The van der Waals surface area contributed by atoms with Gasteiger partial charge in [-0.1, -0.05) is 19.7 Å². The molecule has 0 aliphatic heterocycles. The molecule has 0 heterocycles. The van der Waals surface area contributed by atoms with E-state index in [2.05, 4.69) is 46.3 Å². The van der Waals surface area contributed by atoms with Crippen LogP contribution in [0, 0.1) is 11.8 Å². The molecular formula is C19H34N6O2. The quantitative estimate of drug-likeness (QED) is 0.243. The van der Waals surface area contributed by atoms with Crippen molar-refractivity contribution in [3.8, 4) is 0 Å². The number of rotatable bonds is 14. The first-order valence-electron chi connectivity index (χ1n) is 9.29. The Morgan fingerprint density at radius 2 is 1.52 bits per heavy atom. The first kappa shape index (κ1) is 22.6. The van der Waals surface area contributed by atoms with Crippen LogP contribution in [0.2, 0.25) is 0 Å². The van der Waals surface area contributed by atoms with Gasteiger partial charge in [0, 0.05) is 43.1 Å². The lowest BCUT2D eigenvalue weighted by Crippen LogP contribution is -2.38. The van der Waals surface area contributed by atoms with Crippen molar-refractivity contribution in [2.75, 3.05) is 39.8 Å². The van der Waals surface area contributed by atoms with E-state index in [0.717, 1.165) is 31.5 Å². The molecule has 0 radical (unpaired) electrons. The van der Waals surface area contributed by atoms with Crippen molar-refractivity contribution in [3.63, 3.8) is 0 Å². The fourth-order valence-corrected chi connectivity index (χ4v) is 2.74. The fraction of sp³-hybridized carbons (Fsp3) is 0.579. The summed E-state index contributed by atoms with van der Waals surface area (Å²) >= 11 is 0. The highest BCUT2D eigenvalue weighted by Crippen LogP contribution is 2.35. The second-order valence-corrected chi connectivity index (χ2v) is 6.86. The summed E-state index contributed by atoms with van der Waals surface area (Å²) in [7, 11) is 1.68. The molecule has 1 fully saturated rings. The number of hydrogen-bond acceptors (Lipinski definition) is 6. The van der Waals surface area contributed by atoms with Gasteiger partial charge in [-0.3, -0.25) is 9.59 Å². The molecule has 0 aromatic rings. The van der Waals surface area contributed by atoms with Crippen LogP contribution in [-0.2, 0) is 9.59 Å². The van der Waals surface area contributed by atoms with Crippen LogP contribution in [0.4, 0.5) is 0 Å². The minimum atomic E-state index is -0.153.